The van der Waals surface area contributed by atoms with Crippen LogP contribution in [0.15, 0.2) is 38.8 Å². The van der Waals surface area contributed by atoms with Gasteiger partial charge in [0.25, 0.3) is 0 Å². The standard InChI is InChI=1S/C11H8BrN3O4S/c1-14-5-9(15(18)19)10(13-14)20-6-2-3-8(12)7(4-6)11(16)17/h2-5H,1H3,(H,16,17). The number of rotatable bonds is 4. The fourth-order valence-electron chi connectivity index (χ4n) is 1.50. The zero-order chi connectivity index (χ0) is 14.9. The van der Waals surface area contributed by atoms with Crippen molar-refractivity contribution in [2.45, 2.75) is 9.92 Å². The average molecular weight is 358 g/mol. The van der Waals surface area contributed by atoms with Gasteiger partial charge in [0.2, 0.25) is 5.03 Å². The molecule has 0 aliphatic rings. The van der Waals surface area contributed by atoms with Gasteiger partial charge in [-0.05, 0) is 34.1 Å². The van der Waals surface area contributed by atoms with Crippen LogP contribution in [0.2, 0.25) is 0 Å². The van der Waals surface area contributed by atoms with E-state index in [1.54, 1.807) is 19.2 Å². The Hall–Kier alpha value is -1.87. The van der Waals surface area contributed by atoms with Crippen molar-refractivity contribution in [3.05, 3.63) is 44.5 Å². The number of nitro groups is 1. The number of nitrogens with zero attached hydrogens (tertiary/aromatic N) is 3. The number of carboxylic acids is 1. The van der Waals surface area contributed by atoms with E-state index in [-0.39, 0.29) is 16.3 Å². The van der Waals surface area contributed by atoms with E-state index in [9.17, 15) is 14.9 Å². The molecule has 0 fully saturated rings. The van der Waals surface area contributed by atoms with Crippen LogP contribution in [-0.2, 0) is 7.05 Å². The lowest BCUT2D eigenvalue weighted by Gasteiger charge is -2.02. The number of hydrogen-bond acceptors (Lipinski definition) is 5. The van der Waals surface area contributed by atoms with Crippen molar-refractivity contribution in [1.29, 1.82) is 0 Å². The summed E-state index contributed by atoms with van der Waals surface area (Å²) in [6, 6.07) is 4.69. The summed E-state index contributed by atoms with van der Waals surface area (Å²) in [7, 11) is 1.58. The molecule has 0 unspecified atom stereocenters. The molecule has 0 bridgehead atoms. The van der Waals surface area contributed by atoms with Crippen LogP contribution in [0.1, 0.15) is 10.4 Å². The minimum atomic E-state index is -1.07. The van der Waals surface area contributed by atoms with E-state index in [1.165, 1.54) is 16.9 Å². The fraction of sp³-hybridized carbons (Fsp3) is 0.0909. The van der Waals surface area contributed by atoms with E-state index in [0.717, 1.165) is 11.8 Å². The number of aromatic carboxylic acids is 1. The van der Waals surface area contributed by atoms with Crippen LogP contribution in [0.25, 0.3) is 0 Å². The van der Waals surface area contributed by atoms with Crippen molar-refractivity contribution in [2.75, 3.05) is 0 Å². The zero-order valence-electron chi connectivity index (χ0n) is 10.1. The Morgan fingerprint density at radius 2 is 2.25 bits per heavy atom. The van der Waals surface area contributed by atoms with Gasteiger partial charge in [-0.15, -0.1) is 0 Å². The van der Waals surface area contributed by atoms with Crippen molar-refractivity contribution in [3.63, 3.8) is 0 Å². The third-order valence-corrected chi connectivity index (χ3v) is 4.02. The molecule has 0 amide bonds. The Bertz CT molecular complexity index is 701. The van der Waals surface area contributed by atoms with Gasteiger partial charge >= 0.3 is 11.7 Å². The van der Waals surface area contributed by atoms with Crippen LogP contribution in [0.4, 0.5) is 5.69 Å². The number of aryl methyl sites for hydroxylation is 1. The fourth-order valence-corrected chi connectivity index (χ4v) is 2.85. The Balaban J connectivity index is 2.38. The third kappa shape index (κ3) is 2.99. The molecule has 2 aromatic rings. The minimum absolute atomic E-state index is 0.0913. The van der Waals surface area contributed by atoms with Gasteiger partial charge in [0.15, 0.2) is 0 Å². The van der Waals surface area contributed by atoms with Crippen molar-refractivity contribution in [2.24, 2.45) is 7.05 Å². The molecule has 0 radical (unpaired) electrons. The van der Waals surface area contributed by atoms with Crippen molar-refractivity contribution >= 4 is 39.3 Å². The largest absolute Gasteiger partial charge is 0.478 e. The highest BCUT2D eigenvalue weighted by atomic mass is 79.9. The first-order chi connectivity index (χ1) is 9.38. The monoisotopic (exact) mass is 357 g/mol. The molecule has 2 rings (SSSR count). The van der Waals surface area contributed by atoms with Gasteiger partial charge in [-0.25, -0.2) is 4.79 Å². The first-order valence-corrected chi connectivity index (χ1v) is 6.88. The van der Waals surface area contributed by atoms with Crippen LogP contribution in [0.5, 0.6) is 0 Å². The normalized spacial score (nSPS) is 10.5. The molecule has 0 aliphatic carbocycles. The highest BCUT2D eigenvalue weighted by molar-refractivity contribution is 9.10. The summed E-state index contributed by atoms with van der Waals surface area (Å²) in [5.74, 6) is -1.07. The molecule has 9 heteroatoms. The second-order valence-electron chi connectivity index (χ2n) is 3.80. The molecule has 7 nitrogen and oxygen atoms in total. The Labute approximate surface area is 125 Å². The summed E-state index contributed by atoms with van der Waals surface area (Å²) in [6.45, 7) is 0. The van der Waals surface area contributed by atoms with E-state index >= 15 is 0 Å². The number of carboxylic acid groups (broad SMARTS) is 1. The molecule has 1 heterocycles. The van der Waals surface area contributed by atoms with E-state index in [0.29, 0.717) is 9.37 Å². The molecule has 1 N–H and O–H groups in total. The molecule has 1 aromatic carbocycles. The summed E-state index contributed by atoms with van der Waals surface area (Å²) in [5.41, 5.74) is -0.0223. The van der Waals surface area contributed by atoms with Gasteiger partial charge in [0, 0.05) is 16.4 Å². The molecule has 0 aliphatic heterocycles. The summed E-state index contributed by atoms with van der Waals surface area (Å²) < 4.78 is 1.79. The molecule has 1 aromatic heterocycles. The molecular formula is C11H8BrN3O4S. The van der Waals surface area contributed by atoms with E-state index in [2.05, 4.69) is 21.0 Å². The zero-order valence-corrected chi connectivity index (χ0v) is 12.5. The van der Waals surface area contributed by atoms with Crippen LogP contribution >= 0.6 is 27.7 Å². The topological polar surface area (TPSA) is 98.3 Å². The summed E-state index contributed by atoms with van der Waals surface area (Å²) in [6.07, 6.45) is 1.30. The maximum atomic E-state index is 11.0. The highest BCUT2D eigenvalue weighted by Gasteiger charge is 2.20. The minimum Gasteiger partial charge on any atom is -0.478 e. The molecule has 0 atom stereocenters. The third-order valence-electron chi connectivity index (χ3n) is 2.36. The van der Waals surface area contributed by atoms with E-state index < -0.39 is 10.9 Å². The highest BCUT2D eigenvalue weighted by Crippen LogP contribution is 2.34. The van der Waals surface area contributed by atoms with Gasteiger partial charge in [-0.1, -0.05) is 11.8 Å². The van der Waals surface area contributed by atoms with Gasteiger partial charge in [0.1, 0.15) is 6.20 Å². The first-order valence-electron chi connectivity index (χ1n) is 5.27. The summed E-state index contributed by atoms with van der Waals surface area (Å²) in [5, 5.41) is 24.1. The Morgan fingerprint density at radius 3 is 2.85 bits per heavy atom. The lowest BCUT2D eigenvalue weighted by atomic mass is 10.2. The van der Waals surface area contributed by atoms with Crippen LogP contribution in [-0.4, -0.2) is 25.8 Å². The lowest BCUT2D eigenvalue weighted by molar-refractivity contribution is -0.387. The van der Waals surface area contributed by atoms with Crippen molar-refractivity contribution in [1.82, 2.24) is 9.78 Å². The first kappa shape index (κ1) is 14.5. The van der Waals surface area contributed by atoms with Gasteiger partial charge in [-0.2, -0.15) is 5.10 Å². The van der Waals surface area contributed by atoms with Crippen LogP contribution < -0.4 is 0 Å². The molecular weight excluding hydrogens is 350 g/mol. The molecule has 0 saturated carbocycles. The number of aromatic nitrogens is 2. The maximum Gasteiger partial charge on any atom is 0.336 e. The Kier molecular flexibility index (Phi) is 4.09. The van der Waals surface area contributed by atoms with E-state index in [1.807, 2.05) is 0 Å². The van der Waals surface area contributed by atoms with Crippen LogP contribution in [0, 0.1) is 10.1 Å². The number of carbonyl (C=O) groups is 1. The molecule has 0 spiro atoms. The smallest absolute Gasteiger partial charge is 0.336 e. The number of benzene rings is 1. The van der Waals surface area contributed by atoms with Gasteiger partial charge in [-0.3, -0.25) is 14.8 Å². The summed E-state index contributed by atoms with van der Waals surface area (Å²) >= 11 is 4.19. The predicted molar refractivity (Wildman–Crippen MR) is 75.1 cm³/mol. The summed E-state index contributed by atoms with van der Waals surface area (Å²) in [4.78, 5) is 22.0. The predicted octanol–water partition coefficient (Wildman–Crippen LogP) is 2.94. The quantitative estimate of drug-likeness (QED) is 0.667. The van der Waals surface area contributed by atoms with Crippen molar-refractivity contribution < 1.29 is 14.8 Å². The SMILES string of the molecule is Cn1cc([N+](=O)[O-])c(Sc2ccc(Br)c(C(=O)O)c2)n1. The van der Waals surface area contributed by atoms with Gasteiger partial charge in [0.05, 0.1) is 10.5 Å². The lowest BCUT2D eigenvalue weighted by Crippen LogP contribution is -1.97. The maximum absolute atomic E-state index is 11.0. The molecule has 20 heavy (non-hydrogen) atoms. The Morgan fingerprint density at radius 1 is 1.55 bits per heavy atom. The second kappa shape index (κ2) is 5.63. The second-order valence-corrected chi connectivity index (χ2v) is 5.72. The van der Waals surface area contributed by atoms with E-state index in [4.69, 9.17) is 5.11 Å². The van der Waals surface area contributed by atoms with Crippen LogP contribution in [0.3, 0.4) is 0 Å². The molecule has 104 valence electrons. The molecule has 0 saturated heterocycles. The average Bonchev–Trinajstić information content (AvgIpc) is 2.72. The number of hydrogen-bond donors (Lipinski definition) is 1. The number of halogens is 1. The van der Waals surface area contributed by atoms with Gasteiger partial charge < -0.3 is 5.11 Å². The van der Waals surface area contributed by atoms with Crippen molar-refractivity contribution in [3.8, 4) is 0 Å².